The lowest BCUT2D eigenvalue weighted by Crippen LogP contribution is -2.33. The monoisotopic (exact) mass is 376 g/mol. The molecule has 3 N–H and O–H groups in total. The van der Waals surface area contributed by atoms with Crippen molar-refractivity contribution >= 4 is 40.0 Å². The Hall–Kier alpha value is -2.67. The van der Waals surface area contributed by atoms with Crippen LogP contribution in [-0.4, -0.2) is 21.9 Å². The second-order valence-corrected chi connectivity index (χ2v) is 6.79. The molecule has 134 valence electrons. The number of pyridine rings is 1. The van der Waals surface area contributed by atoms with Gasteiger partial charge < -0.3 is 15.6 Å². The molecule has 1 fully saturated rings. The Kier molecular flexibility index (Phi) is 4.03. The number of alkyl halides is 2. The van der Waals surface area contributed by atoms with Gasteiger partial charge in [0.15, 0.2) is 0 Å². The van der Waals surface area contributed by atoms with Crippen molar-refractivity contribution in [1.82, 2.24) is 9.97 Å². The Bertz CT molecular complexity index is 980. The molecule has 1 aliphatic carbocycles. The number of rotatable bonds is 3. The molecule has 2 aromatic heterocycles. The number of hydrogen-bond donors (Lipinski definition) is 3. The van der Waals surface area contributed by atoms with Crippen LogP contribution in [0.1, 0.15) is 24.3 Å². The predicted molar refractivity (Wildman–Crippen MR) is 97.1 cm³/mol. The first-order valence-electron chi connectivity index (χ1n) is 8.09. The summed E-state index contributed by atoms with van der Waals surface area (Å²) < 4.78 is 26.1. The first-order chi connectivity index (χ1) is 12.4. The van der Waals surface area contributed by atoms with Crippen LogP contribution in [-0.2, 0) is 0 Å². The lowest BCUT2D eigenvalue weighted by Gasteiger charge is -2.35. The smallest absolute Gasteiger partial charge is 0.323 e. The lowest BCUT2D eigenvalue weighted by molar-refractivity contribution is -0.0867. The van der Waals surface area contributed by atoms with Crippen LogP contribution in [0, 0.1) is 0 Å². The molecule has 1 aromatic carbocycles. The minimum absolute atomic E-state index is 0.187. The van der Waals surface area contributed by atoms with Crippen LogP contribution >= 0.6 is 11.6 Å². The van der Waals surface area contributed by atoms with Gasteiger partial charge in [0.2, 0.25) is 5.92 Å². The number of amides is 2. The predicted octanol–water partition coefficient (Wildman–Crippen LogP) is 5.37. The van der Waals surface area contributed by atoms with Crippen molar-refractivity contribution in [3.63, 3.8) is 0 Å². The van der Waals surface area contributed by atoms with E-state index in [1.807, 2.05) is 6.07 Å². The van der Waals surface area contributed by atoms with Crippen LogP contribution in [0.15, 0.2) is 42.7 Å². The summed E-state index contributed by atoms with van der Waals surface area (Å²) in [5.74, 6) is -2.84. The fraction of sp³-hybridized carbons (Fsp3) is 0.222. The average molecular weight is 377 g/mol. The van der Waals surface area contributed by atoms with Gasteiger partial charge in [-0.15, -0.1) is 0 Å². The number of anilines is 2. The van der Waals surface area contributed by atoms with Gasteiger partial charge in [-0.3, -0.25) is 4.98 Å². The van der Waals surface area contributed by atoms with E-state index in [0.717, 1.165) is 5.52 Å². The minimum Gasteiger partial charge on any atom is -0.358 e. The third-order valence-corrected chi connectivity index (χ3v) is 4.80. The Balaban J connectivity index is 1.44. The molecule has 0 radical (unpaired) electrons. The Morgan fingerprint density at radius 2 is 2.08 bits per heavy atom. The number of urea groups is 1. The SMILES string of the molecule is O=C(Nc1ccc(C2CC(F)(F)C2)c(Cl)c1)Nc1c[nH]c2cccnc12. The number of aromatic nitrogens is 2. The van der Waals surface area contributed by atoms with E-state index >= 15 is 0 Å². The van der Waals surface area contributed by atoms with E-state index in [1.165, 1.54) is 0 Å². The quantitative estimate of drug-likeness (QED) is 0.575. The van der Waals surface area contributed by atoms with Crippen LogP contribution in [0.4, 0.5) is 25.0 Å². The van der Waals surface area contributed by atoms with Gasteiger partial charge >= 0.3 is 6.03 Å². The van der Waals surface area contributed by atoms with E-state index in [9.17, 15) is 13.6 Å². The summed E-state index contributed by atoms with van der Waals surface area (Å²) in [4.78, 5) is 19.4. The fourth-order valence-electron chi connectivity index (χ4n) is 3.15. The molecule has 2 heterocycles. The summed E-state index contributed by atoms with van der Waals surface area (Å²) in [5.41, 5.74) is 3.19. The summed E-state index contributed by atoms with van der Waals surface area (Å²) in [6.07, 6.45) is 2.92. The zero-order valence-corrected chi connectivity index (χ0v) is 14.3. The highest BCUT2D eigenvalue weighted by atomic mass is 35.5. The maximum absolute atomic E-state index is 13.0. The fourth-order valence-corrected chi connectivity index (χ4v) is 3.49. The molecule has 0 saturated heterocycles. The maximum Gasteiger partial charge on any atom is 0.323 e. The standard InChI is InChI=1S/C18H15ClF2N4O/c19-13-6-11(3-4-12(13)10-7-18(20,21)8-10)24-17(26)25-15-9-23-14-2-1-5-22-16(14)15/h1-6,9-10,23H,7-8H2,(H2,24,25,26). The normalized spacial score (nSPS) is 16.3. The van der Waals surface area contributed by atoms with Crippen LogP contribution in [0.25, 0.3) is 11.0 Å². The van der Waals surface area contributed by atoms with Crippen molar-refractivity contribution in [3.8, 4) is 0 Å². The highest BCUT2D eigenvalue weighted by Crippen LogP contribution is 2.50. The van der Waals surface area contributed by atoms with Gasteiger partial charge in [0.1, 0.15) is 5.52 Å². The third kappa shape index (κ3) is 3.22. The maximum atomic E-state index is 13.0. The number of hydrogen-bond acceptors (Lipinski definition) is 2. The molecular weight excluding hydrogens is 362 g/mol. The average Bonchev–Trinajstić information content (AvgIpc) is 2.96. The topological polar surface area (TPSA) is 69.8 Å². The third-order valence-electron chi connectivity index (χ3n) is 4.47. The number of carbonyl (C=O) groups is 1. The number of halogens is 3. The number of nitrogens with one attached hydrogen (secondary N) is 3. The van der Waals surface area contributed by atoms with E-state index in [0.29, 0.717) is 27.5 Å². The van der Waals surface area contributed by atoms with E-state index in [-0.39, 0.29) is 18.8 Å². The van der Waals surface area contributed by atoms with E-state index < -0.39 is 12.0 Å². The summed E-state index contributed by atoms with van der Waals surface area (Å²) in [6, 6.07) is 8.12. The highest BCUT2D eigenvalue weighted by molar-refractivity contribution is 6.31. The van der Waals surface area contributed by atoms with Gasteiger partial charge in [-0.2, -0.15) is 0 Å². The summed E-state index contributed by atoms with van der Waals surface area (Å²) >= 11 is 6.20. The minimum atomic E-state index is -2.60. The molecule has 0 atom stereocenters. The first kappa shape index (κ1) is 16.8. The number of H-pyrrole nitrogens is 1. The Morgan fingerprint density at radius 3 is 2.81 bits per heavy atom. The van der Waals surface area contributed by atoms with Crippen LogP contribution < -0.4 is 10.6 Å². The van der Waals surface area contributed by atoms with E-state index in [2.05, 4.69) is 20.6 Å². The number of nitrogens with zero attached hydrogens (tertiary/aromatic N) is 1. The van der Waals surface area contributed by atoms with E-state index in [1.54, 1.807) is 36.7 Å². The molecule has 8 heteroatoms. The molecule has 5 nitrogen and oxygen atoms in total. The van der Waals surface area contributed by atoms with Crippen LogP contribution in [0.5, 0.6) is 0 Å². The highest BCUT2D eigenvalue weighted by Gasteiger charge is 2.46. The van der Waals surface area contributed by atoms with Crippen LogP contribution in [0.3, 0.4) is 0 Å². The van der Waals surface area contributed by atoms with Gasteiger partial charge in [0.05, 0.1) is 11.2 Å². The second-order valence-electron chi connectivity index (χ2n) is 6.38. The molecule has 1 aliphatic rings. The number of carbonyl (C=O) groups excluding carboxylic acids is 1. The van der Waals surface area contributed by atoms with Gasteiger partial charge in [-0.25, -0.2) is 13.6 Å². The van der Waals surface area contributed by atoms with Gasteiger partial charge in [0, 0.05) is 35.9 Å². The molecule has 2 amide bonds. The summed E-state index contributed by atoms with van der Waals surface area (Å²) in [7, 11) is 0. The van der Waals surface area contributed by atoms with Gasteiger partial charge in [0.25, 0.3) is 0 Å². The van der Waals surface area contributed by atoms with E-state index in [4.69, 9.17) is 11.6 Å². The Labute approximate surface area is 152 Å². The van der Waals surface area contributed by atoms with Crippen molar-refractivity contribution < 1.29 is 13.6 Å². The molecular formula is C18H15ClF2N4O. The van der Waals surface area contributed by atoms with Crippen LogP contribution in [0.2, 0.25) is 5.02 Å². The van der Waals surface area contributed by atoms with Crippen molar-refractivity contribution in [1.29, 1.82) is 0 Å². The molecule has 0 aliphatic heterocycles. The molecule has 0 bridgehead atoms. The van der Waals surface area contributed by atoms with Crippen molar-refractivity contribution in [3.05, 3.63) is 53.3 Å². The van der Waals surface area contributed by atoms with Crippen molar-refractivity contribution in [2.24, 2.45) is 0 Å². The molecule has 0 unspecified atom stereocenters. The van der Waals surface area contributed by atoms with Crippen molar-refractivity contribution in [2.75, 3.05) is 10.6 Å². The van der Waals surface area contributed by atoms with Gasteiger partial charge in [-0.1, -0.05) is 17.7 Å². The number of aromatic amines is 1. The molecule has 26 heavy (non-hydrogen) atoms. The summed E-state index contributed by atoms with van der Waals surface area (Å²) in [6.45, 7) is 0. The zero-order chi connectivity index (χ0) is 18.3. The zero-order valence-electron chi connectivity index (χ0n) is 13.5. The molecule has 4 rings (SSSR count). The lowest BCUT2D eigenvalue weighted by atomic mass is 9.77. The number of benzene rings is 1. The summed E-state index contributed by atoms with van der Waals surface area (Å²) in [5, 5.41) is 5.77. The first-order valence-corrected chi connectivity index (χ1v) is 8.46. The second kappa shape index (κ2) is 6.25. The molecule has 1 saturated carbocycles. The van der Waals surface area contributed by atoms with Gasteiger partial charge in [-0.05, 0) is 35.7 Å². The number of fused-ring (bicyclic) bond motifs is 1. The molecule has 0 spiro atoms. The largest absolute Gasteiger partial charge is 0.358 e. The van der Waals surface area contributed by atoms with Crippen molar-refractivity contribution in [2.45, 2.75) is 24.7 Å². The molecule has 3 aromatic rings. The Morgan fingerprint density at radius 1 is 1.27 bits per heavy atom.